The number of nitrogens with one attached hydrogen (secondary N) is 1. The third kappa shape index (κ3) is 2.99. The molecule has 1 N–H and O–H groups in total. The average molecular weight is 340 g/mol. The molecule has 3 aromatic heterocycles. The number of carbonyl (C=O) groups is 1. The Hall–Kier alpha value is -2.76. The fourth-order valence-corrected chi connectivity index (χ4v) is 3.46. The first-order valence-electron chi connectivity index (χ1n) is 8.32. The van der Waals surface area contributed by atoms with Crippen LogP contribution in [0.4, 0.5) is 0 Å². The van der Waals surface area contributed by atoms with E-state index >= 15 is 0 Å². The van der Waals surface area contributed by atoms with Crippen LogP contribution in [-0.2, 0) is 6.42 Å². The Kier molecular flexibility index (Phi) is 3.56. The average Bonchev–Trinajstić information content (AvgIpc) is 3.25. The third-order valence-corrected chi connectivity index (χ3v) is 4.55. The molecule has 6 nitrogen and oxygen atoms in total. The van der Waals surface area contributed by atoms with Crippen molar-refractivity contribution in [1.82, 2.24) is 10.5 Å². The van der Waals surface area contributed by atoms with Crippen molar-refractivity contribution in [2.24, 2.45) is 5.41 Å². The summed E-state index contributed by atoms with van der Waals surface area (Å²) in [6, 6.07) is 7.00. The minimum absolute atomic E-state index is 0.0540. The first kappa shape index (κ1) is 15.7. The van der Waals surface area contributed by atoms with Crippen molar-refractivity contribution in [3.05, 3.63) is 53.3 Å². The predicted octanol–water partition coefficient (Wildman–Crippen LogP) is 4.28. The number of furan rings is 2. The first-order chi connectivity index (χ1) is 11.9. The van der Waals surface area contributed by atoms with Gasteiger partial charge in [0.25, 0.3) is 5.91 Å². The van der Waals surface area contributed by atoms with Gasteiger partial charge in [-0.15, -0.1) is 0 Å². The molecule has 0 aliphatic heterocycles. The lowest BCUT2D eigenvalue weighted by molar-refractivity contribution is 0.0908. The van der Waals surface area contributed by atoms with Gasteiger partial charge >= 0.3 is 0 Å². The molecule has 25 heavy (non-hydrogen) atoms. The number of aromatic nitrogens is 1. The Labute approximate surface area is 145 Å². The standard InChI is InChI=1S/C19H20N2O4/c1-11-7-12-14(9-19(2,3)10-17(12)24-11)20-18(22)13-8-16(25-21-13)15-5-4-6-23-15/h4-8,14H,9-10H2,1-3H3,(H,20,22)/t14-/m1/s1. The maximum absolute atomic E-state index is 12.6. The van der Waals surface area contributed by atoms with Gasteiger partial charge in [-0.2, -0.15) is 0 Å². The number of hydrogen-bond donors (Lipinski definition) is 1. The molecule has 0 saturated carbocycles. The van der Waals surface area contributed by atoms with Crippen molar-refractivity contribution in [3.8, 4) is 11.5 Å². The van der Waals surface area contributed by atoms with Gasteiger partial charge in [0.2, 0.25) is 5.76 Å². The lowest BCUT2D eigenvalue weighted by atomic mass is 9.74. The van der Waals surface area contributed by atoms with Crippen LogP contribution in [0.1, 0.15) is 53.9 Å². The van der Waals surface area contributed by atoms with E-state index in [1.807, 2.05) is 13.0 Å². The van der Waals surface area contributed by atoms with E-state index in [0.29, 0.717) is 11.5 Å². The molecule has 130 valence electrons. The maximum atomic E-state index is 12.6. The zero-order valence-electron chi connectivity index (χ0n) is 14.5. The van der Waals surface area contributed by atoms with E-state index in [1.165, 1.54) is 0 Å². The Morgan fingerprint density at radius 1 is 1.32 bits per heavy atom. The molecule has 4 rings (SSSR count). The highest BCUT2D eigenvalue weighted by Gasteiger charge is 2.36. The van der Waals surface area contributed by atoms with Gasteiger partial charge in [-0.25, -0.2) is 0 Å². The van der Waals surface area contributed by atoms with Crippen molar-refractivity contribution in [1.29, 1.82) is 0 Å². The lowest BCUT2D eigenvalue weighted by Gasteiger charge is -2.34. The first-order valence-corrected chi connectivity index (χ1v) is 8.32. The predicted molar refractivity (Wildman–Crippen MR) is 90.0 cm³/mol. The van der Waals surface area contributed by atoms with Crippen LogP contribution >= 0.6 is 0 Å². The molecule has 1 atom stereocenters. The molecule has 0 fully saturated rings. The largest absolute Gasteiger partial charge is 0.466 e. The topological polar surface area (TPSA) is 81.4 Å². The summed E-state index contributed by atoms with van der Waals surface area (Å²) < 4.78 is 16.3. The van der Waals surface area contributed by atoms with Crippen molar-refractivity contribution >= 4 is 5.91 Å². The second kappa shape index (κ2) is 5.65. The Balaban J connectivity index is 1.56. The summed E-state index contributed by atoms with van der Waals surface area (Å²) in [5, 5.41) is 6.93. The molecule has 0 aromatic carbocycles. The zero-order valence-corrected chi connectivity index (χ0v) is 14.5. The van der Waals surface area contributed by atoms with Gasteiger partial charge in [-0.1, -0.05) is 19.0 Å². The summed E-state index contributed by atoms with van der Waals surface area (Å²) in [5.41, 5.74) is 1.34. The van der Waals surface area contributed by atoms with E-state index in [-0.39, 0.29) is 23.1 Å². The van der Waals surface area contributed by atoms with E-state index in [0.717, 1.165) is 29.9 Å². The van der Waals surface area contributed by atoms with Gasteiger partial charge in [0.1, 0.15) is 11.5 Å². The number of fused-ring (bicyclic) bond motifs is 1. The highest BCUT2D eigenvalue weighted by atomic mass is 16.5. The minimum Gasteiger partial charge on any atom is -0.466 e. The van der Waals surface area contributed by atoms with Crippen molar-refractivity contribution in [2.75, 3.05) is 0 Å². The molecule has 0 bridgehead atoms. The van der Waals surface area contributed by atoms with Crippen LogP contribution in [0.2, 0.25) is 0 Å². The smallest absolute Gasteiger partial charge is 0.273 e. The van der Waals surface area contributed by atoms with Crippen molar-refractivity contribution in [2.45, 2.75) is 39.7 Å². The molecule has 0 unspecified atom stereocenters. The minimum atomic E-state index is -0.269. The van der Waals surface area contributed by atoms with Crippen LogP contribution in [-0.4, -0.2) is 11.1 Å². The van der Waals surface area contributed by atoms with Crippen molar-refractivity contribution < 1.29 is 18.2 Å². The molecule has 1 aliphatic rings. The summed E-state index contributed by atoms with van der Waals surface area (Å²) in [7, 11) is 0. The molecular formula is C19H20N2O4. The molecule has 6 heteroatoms. The molecule has 1 aliphatic carbocycles. The zero-order chi connectivity index (χ0) is 17.6. The monoisotopic (exact) mass is 340 g/mol. The summed E-state index contributed by atoms with van der Waals surface area (Å²) in [6.45, 7) is 6.29. The number of hydrogen-bond acceptors (Lipinski definition) is 5. The Bertz CT molecular complexity index is 902. The van der Waals surface area contributed by atoms with Gasteiger partial charge in [0.15, 0.2) is 11.5 Å². The number of carbonyl (C=O) groups excluding carboxylic acids is 1. The van der Waals surface area contributed by atoms with E-state index in [2.05, 4.69) is 24.3 Å². The highest BCUT2D eigenvalue weighted by Crippen LogP contribution is 2.42. The molecule has 0 radical (unpaired) electrons. The molecule has 0 saturated heterocycles. The lowest BCUT2D eigenvalue weighted by Crippen LogP contribution is -2.36. The Morgan fingerprint density at radius 2 is 2.16 bits per heavy atom. The van der Waals surface area contributed by atoms with Gasteiger partial charge in [0, 0.05) is 18.1 Å². The quantitative estimate of drug-likeness (QED) is 0.769. The van der Waals surface area contributed by atoms with Crippen LogP contribution in [0.5, 0.6) is 0 Å². The van der Waals surface area contributed by atoms with E-state index in [9.17, 15) is 4.79 Å². The highest BCUT2D eigenvalue weighted by molar-refractivity contribution is 5.93. The van der Waals surface area contributed by atoms with Gasteiger partial charge < -0.3 is 18.7 Å². The summed E-state index contributed by atoms with van der Waals surface area (Å²) in [6.07, 6.45) is 3.26. The summed E-state index contributed by atoms with van der Waals surface area (Å²) in [4.78, 5) is 12.6. The van der Waals surface area contributed by atoms with Gasteiger partial charge in [0.05, 0.1) is 12.3 Å². The number of rotatable bonds is 3. The van der Waals surface area contributed by atoms with Crippen molar-refractivity contribution in [3.63, 3.8) is 0 Å². The second-order valence-corrected chi connectivity index (χ2v) is 7.36. The van der Waals surface area contributed by atoms with Crippen LogP contribution < -0.4 is 5.32 Å². The van der Waals surface area contributed by atoms with E-state index in [4.69, 9.17) is 13.4 Å². The third-order valence-electron chi connectivity index (χ3n) is 4.55. The van der Waals surface area contributed by atoms with Crippen LogP contribution in [0, 0.1) is 12.3 Å². The van der Waals surface area contributed by atoms with Gasteiger partial charge in [-0.05, 0) is 37.0 Å². The number of amides is 1. The van der Waals surface area contributed by atoms with E-state index in [1.54, 1.807) is 24.5 Å². The number of nitrogens with zero attached hydrogens (tertiary/aromatic N) is 1. The molecular weight excluding hydrogens is 320 g/mol. The second-order valence-electron chi connectivity index (χ2n) is 7.36. The van der Waals surface area contributed by atoms with Crippen LogP contribution in [0.15, 0.2) is 43.9 Å². The summed E-state index contributed by atoms with van der Waals surface area (Å²) in [5.74, 6) is 2.52. The fourth-order valence-electron chi connectivity index (χ4n) is 3.46. The van der Waals surface area contributed by atoms with Gasteiger partial charge in [-0.3, -0.25) is 4.79 Å². The normalized spacial score (nSPS) is 18.8. The number of aryl methyl sites for hydroxylation is 1. The van der Waals surface area contributed by atoms with Crippen LogP contribution in [0.25, 0.3) is 11.5 Å². The molecule has 0 spiro atoms. The molecule has 3 heterocycles. The molecule has 3 aromatic rings. The Morgan fingerprint density at radius 3 is 2.92 bits per heavy atom. The fraction of sp³-hybridized carbons (Fsp3) is 0.368. The SMILES string of the molecule is Cc1cc2c(o1)CC(C)(C)C[C@H]2NC(=O)c1cc(-c2ccco2)on1. The maximum Gasteiger partial charge on any atom is 0.273 e. The van der Waals surface area contributed by atoms with Crippen LogP contribution in [0.3, 0.4) is 0 Å². The summed E-state index contributed by atoms with van der Waals surface area (Å²) >= 11 is 0. The van der Waals surface area contributed by atoms with E-state index < -0.39 is 0 Å². The molecule has 1 amide bonds.